The maximum atomic E-state index is 10.3. The molecule has 0 radical (unpaired) electrons. The molecule has 0 amide bonds. The number of nitrogens with zero attached hydrogens (tertiary/aromatic N) is 2. The van der Waals surface area contributed by atoms with Crippen LogP contribution in [0.15, 0.2) is 79.1 Å². The van der Waals surface area contributed by atoms with Crippen molar-refractivity contribution in [3.8, 4) is 5.75 Å². The van der Waals surface area contributed by atoms with Crippen LogP contribution in [-0.4, -0.2) is 5.11 Å². The van der Waals surface area contributed by atoms with Gasteiger partial charge in [0.25, 0.3) is 0 Å². The first-order chi connectivity index (χ1) is 15.0. The van der Waals surface area contributed by atoms with Gasteiger partial charge in [-0.05, 0) is 19.9 Å². The summed E-state index contributed by atoms with van der Waals surface area (Å²) in [5, 5.41) is 13.3. The molecule has 3 N–H and O–H groups in total. The summed E-state index contributed by atoms with van der Waals surface area (Å²) in [6.45, 7) is 4.08. The van der Waals surface area contributed by atoms with Gasteiger partial charge in [0.2, 0.25) is 0 Å². The van der Waals surface area contributed by atoms with Gasteiger partial charge in [0.1, 0.15) is 17.1 Å². The molecule has 31 heavy (non-hydrogen) atoms. The highest BCUT2D eigenvalue weighted by Crippen LogP contribution is 2.33. The number of hydrogen-bond acceptors (Lipinski definition) is 7. The lowest BCUT2D eigenvalue weighted by Gasteiger charge is -2.22. The van der Waals surface area contributed by atoms with E-state index >= 15 is 0 Å². The van der Waals surface area contributed by atoms with Crippen LogP contribution >= 0.6 is 0 Å². The molecule has 3 aromatic carbocycles. The number of anilines is 2. The van der Waals surface area contributed by atoms with Gasteiger partial charge in [-0.3, -0.25) is 10.9 Å². The highest BCUT2D eigenvalue weighted by molar-refractivity contribution is 5.69. The predicted octanol–water partition coefficient (Wildman–Crippen LogP) is 4.52. The molecule has 3 aromatic rings. The van der Waals surface area contributed by atoms with Crippen molar-refractivity contribution in [2.24, 2.45) is 0 Å². The average Bonchev–Trinajstić information content (AvgIpc) is 3.45. The first kappa shape index (κ1) is 18.7. The molecule has 2 aliphatic rings. The Kier molecular flexibility index (Phi) is 4.55. The van der Waals surface area contributed by atoms with Gasteiger partial charge in [-0.25, -0.2) is 0 Å². The standard InChI is InChI=1S/C24H22N4O3/c1-16-3-7-18(8-4-16)23-14-25-27(30-23)20-11-21(13-22(29)12-20)28-26-15-24(31-28)19-9-5-17(2)6-10-19/h3-15,25-26,29H,1-2H3. The van der Waals surface area contributed by atoms with E-state index in [1.807, 2.05) is 68.4 Å². The summed E-state index contributed by atoms with van der Waals surface area (Å²) < 4.78 is 0. The second kappa shape index (κ2) is 7.53. The van der Waals surface area contributed by atoms with Gasteiger partial charge in [-0.1, -0.05) is 59.7 Å². The fourth-order valence-corrected chi connectivity index (χ4v) is 3.31. The lowest BCUT2D eigenvalue weighted by Crippen LogP contribution is -2.30. The number of hydrogen-bond donors (Lipinski definition) is 3. The van der Waals surface area contributed by atoms with Crippen LogP contribution < -0.4 is 21.2 Å². The number of nitrogens with one attached hydrogen (secondary N) is 2. The molecule has 2 heterocycles. The maximum absolute atomic E-state index is 10.3. The van der Waals surface area contributed by atoms with Crippen LogP contribution in [0.1, 0.15) is 22.3 Å². The summed E-state index contributed by atoms with van der Waals surface area (Å²) >= 11 is 0. The maximum Gasteiger partial charge on any atom is 0.182 e. The number of benzene rings is 3. The molecule has 0 bridgehead atoms. The van der Waals surface area contributed by atoms with Crippen LogP contribution in [0.2, 0.25) is 0 Å². The summed E-state index contributed by atoms with van der Waals surface area (Å²) in [6.07, 6.45) is 3.55. The minimum atomic E-state index is 0.0795. The number of rotatable bonds is 4. The largest absolute Gasteiger partial charge is 0.508 e. The molecule has 156 valence electrons. The molecule has 7 nitrogen and oxygen atoms in total. The lowest BCUT2D eigenvalue weighted by molar-refractivity contribution is 0.239. The van der Waals surface area contributed by atoms with E-state index in [9.17, 15) is 5.11 Å². The molecule has 2 aliphatic heterocycles. The molecule has 5 rings (SSSR count). The first-order valence-electron chi connectivity index (χ1n) is 9.92. The van der Waals surface area contributed by atoms with Crippen molar-refractivity contribution in [1.29, 1.82) is 0 Å². The number of phenols is 1. The summed E-state index contributed by atoms with van der Waals surface area (Å²) in [5.74, 6) is 1.45. The fourth-order valence-electron chi connectivity index (χ4n) is 3.31. The lowest BCUT2D eigenvalue weighted by atomic mass is 10.1. The van der Waals surface area contributed by atoms with E-state index in [1.54, 1.807) is 24.5 Å². The molecular formula is C24H22N4O3. The zero-order valence-electron chi connectivity index (χ0n) is 17.2. The van der Waals surface area contributed by atoms with Gasteiger partial charge >= 0.3 is 0 Å². The Morgan fingerprint density at radius 1 is 0.645 bits per heavy atom. The van der Waals surface area contributed by atoms with E-state index in [-0.39, 0.29) is 5.75 Å². The van der Waals surface area contributed by atoms with E-state index in [1.165, 1.54) is 21.5 Å². The third-order valence-electron chi connectivity index (χ3n) is 5.03. The number of aromatic hydroxyl groups is 1. The highest BCUT2D eigenvalue weighted by atomic mass is 16.7. The third kappa shape index (κ3) is 3.81. The molecule has 0 aliphatic carbocycles. The van der Waals surface area contributed by atoms with Crippen LogP contribution in [0.3, 0.4) is 0 Å². The second-order valence-electron chi connectivity index (χ2n) is 7.49. The van der Waals surface area contributed by atoms with Gasteiger partial charge < -0.3 is 14.8 Å². The Bertz CT molecular complexity index is 1080. The number of hydrazine groups is 2. The SMILES string of the molecule is Cc1ccc(C2=CNN(c3cc(O)cc(N4NC=C(c5ccc(C)cc5)O4)c3)O2)cc1. The molecule has 0 saturated carbocycles. The predicted molar refractivity (Wildman–Crippen MR) is 120 cm³/mol. The Balaban J connectivity index is 1.31. The Hall–Kier alpha value is -4.26. The van der Waals surface area contributed by atoms with Crippen molar-refractivity contribution in [3.05, 3.63) is 101 Å². The number of aryl methyl sites for hydroxylation is 2. The van der Waals surface area contributed by atoms with Crippen LogP contribution in [0.25, 0.3) is 11.5 Å². The smallest absolute Gasteiger partial charge is 0.182 e. The monoisotopic (exact) mass is 414 g/mol. The van der Waals surface area contributed by atoms with E-state index in [4.69, 9.17) is 9.68 Å². The van der Waals surface area contributed by atoms with Crippen molar-refractivity contribution < 1.29 is 14.8 Å². The van der Waals surface area contributed by atoms with Crippen LogP contribution in [-0.2, 0) is 9.68 Å². The van der Waals surface area contributed by atoms with Crippen molar-refractivity contribution in [3.63, 3.8) is 0 Å². The molecule has 0 aromatic heterocycles. The minimum absolute atomic E-state index is 0.0795. The summed E-state index contributed by atoms with van der Waals surface area (Å²) in [4.78, 5) is 11.9. The molecular weight excluding hydrogens is 392 g/mol. The zero-order valence-corrected chi connectivity index (χ0v) is 17.2. The van der Waals surface area contributed by atoms with Gasteiger partial charge in [0.15, 0.2) is 11.5 Å². The third-order valence-corrected chi connectivity index (χ3v) is 5.03. The molecule has 0 atom stereocenters. The first-order valence-corrected chi connectivity index (χ1v) is 9.92. The molecule has 7 heteroatoms. The van der Waals surface area contributed by atoms with Gasteiger partial charge in [0.05, 0.1) is 12.4 Å². The van der Waals surface area contributed by atoms with E-state index < -0.39 is 0 Å². The Labute approximate surface area is 180 Å². The quantitative estimate of drug-likeness (QED) is 0.580. The Morgan fingerprint density at radius 2 is 1.06 bits per heavy atom. The normalized spacial score (nSPS) is 14.9. The topological polar surface area (TPSA) is 69.2 Å². The van der Waals surface area contributed by atoms with Crippen molar-refractivity contribution in [2.45, 2.75) is 13.8 Å². The fraction of sp³-hybridized carbons (Fsp3) is 0.0833. The van der Waals surface area contributed by atoms with E-state index in [0.717, 1.165) is 11.1 Å². The molecule has 0 spiro atoms. The van der Waals surface area contributed by atoms with Crippen LogP contribution in [0.4, 0.5) is 11.4 Å². The van der Waals surface area contributed by atoms with Crippen molar-refractivity contribution in [2.75, 3.05) is 10.3 Å². The number of phenolic OH excluding ortho intramolecular Hbond substituents is 1. The summed E-state index contributed by atoms with van der Waals surface area (Å²) in [7, 11) is 0. The molecule has 0 saturated heterocycles. The van der Waals surface area contributed by atoms with Crippen LogP contribution in [0.5, 0.6) is 5.75 Å². The van der Waals surface area contributed by atoms with E-state index in [2.05, 4.69) is 10.9 Å². The zero-order chi connectivity index (χ0) is 21.4. The van der Waals surface area contributed by atoms with Gasteiger partial charge in [0, 0.05) is 23.3 Å². The van der Waals surface area contributed by atoms with E-state index in [0.29, 0.717) is 22.9 Å². The van der Waals surface area contributed by atoms with Gasteiger partial charge in [-0.15, -0.1) is 10.3 Å². The average molecular weight is 414 g/mol. The van der Waals surface area contributed by atoms with Crippen molar-refractivity contribution >= 4 is 22.9 Å². The second-order valence-corrected chi connectivity index (χ2v) is 7.49. The van der Waals surface area contributed by atoms with Gasteiger partial charge in [-0.2, -0.15) is 0 Å². The highest BCUT2D eigenvalue weighted by Gasteiger charge is 2.23. The minimum Gasteiger partial charge on any atom is -0.508 e. The molecule has 0 unspecified atom stereocenters. The summed E-state index contributed by atoms with van der Waals surface area (Å²) in [6, 6.07) is 21.2. The summed E-state index contributed by atoms with van der Waals surface area (Å²) in [5.41, 5.74) is 11.6. The van der Waals surface area contributed by atoms with Crippen LogP contribution in [0, 0.1) is 13.8 Å². The Morgan fingerprint density at radius 3 is 1.48 bits per heavy atom. The molecule has 0 fully saturated rings. The van der Waals surface area contributed by atoms with Crippen molar-refractivity contribution in [1.82, 2.24) is 10.9 Å².